The van der Waals surface area contributed by atoms with E-state index >= 15 is 0 Å². The maximum atomic E-state index is 12.1. The zero-order valence-electron chi connectivity index (χ0n) is 14.4. The van der Waals surface area contributed by atoms with Crippen LogP contribution in [0.1, 0.15) is 31.2 Å². The minimum Gasteiger partial charge on any atom is -0.354 e. The summed E-state index contributed by atoms with van der Waals surface area (Å²) in [5.74, 6) is 0.599. The van der Waals surface area contributed by atoms with Crippen molar-refractivity contribution in [1.29, 1.82) is 0 Å². The van der Waals surface area contributed by atoms with Crippen molar-refractivity contribution in [2.24, 2.45) is 5.92 Å². The molecule has 7 nitrogen and oxygen atoms in total. The Morgan fingerprint density at radius 2 is 2.08 bits per heavy atom. The first-order chi connectivity index (χ1) is 12.1. The lowest BCUT2D eigenvalue weighted by molar-refractivity contribution is -0.384. The molecule has 136 valence electrons. The van der Waals surface area contributed by atoms with Gasteiger partial charge in [-0.2, -0.15) is 0 Å². The van der Waals surface area contributed by atoms with Crippen LogP contribution in [0.4, 0.5) is 5.69 Å². The Labute approximate surface area is 147 Å². The molecule has 0 saturated carbocycles. The summed E-state index contributed by atoms with van der Waals surface area (Å²) in [6.45, 7) is 4.45. The molecule has 2 unspecified atom stereocenters. The van der Waals surface area contributed by atoms with E-state index in [1.54, 1.807) is 12.1 Å². The van der Waals surface area contributed by atoms with Crippen LogP contribution >= 0.6 is 0 Å². The van der Waals surface area contributed by atoms with Crippen LogP contribution in [0.25, 0.3) is 0 Å². The molecule has 0 aromatic heterocycles. The smallest absolute Gasteiger partial charge is 0.269 e. The van der Waals surface area contributed by atoms with Crippen LogP contribution in [-0.4, -0.2) is 48.0 Å². The normalized spacial score (nSPS) is 24.2. The fourth-order valence-corrected chi connectivity index (χ4v) is 3.72. The highest BCUT2D eigenvalue weighted by atomic mass is 16.6. The molecule has 2 N–H and O–H groups in total. The second-order valence-electron chi connectivity index (χ2n) is 7.06. The lowest BCUT2D eigenvalue weighted by Crippen LogP contribution is -2.45. The van der Waals surface area contributed by atoms with Crippen molar-refractivity contribution in [2.75, 3.05) is 26.2 Å². The molecule has 25 heavy (non-hydrogen) atoms. The third-order valence-electron chi connectivity index (χ3n) is 5.10. The highest BCUT2D eigenvalue weighted by Crippen LogP contribution is 2.19. The number of nitro benzene ring substituents is 1. The molecule has 2 atom stereocenters. The molecular weight excluding hydrogens is 320 g/mol. The molecule has 7 heteroatoms. The van der Waals surface area contributed by atoms with Gasteiger partial charge in [0.15, 0.2) is 0 Å². The summed E-state index contributed by atoms with van der Waals surface area (Å²) < 4.78 is 0. The van der Waals surface area contributed by atoms with E-state index in [4.69, 9.17) is 0 Å². The average molecular weight is 346 g/mol. The average Bonchev–Trinajstić information content (AvgIpc) is 3.15. The van der Waals surface area contributed by atoms with Crippen molar-refractivity contribution in [1.82, 2.24) is 15.5 Å². The Hall–Kier alpha value is -1.99. The van der Waals surface area contributed by atoms with Crippen LogP contribution in [0.2, 0.25) is 0 Å². The number of carbonyl (C=O) groups excluding carboxylic acids is 1. The van der Waals surface area contributed by atoms with E-state index in [-0.39, 0.29) is 22.6 Å². The van der Waals surface area contributed by atoms with Gasteiger partial charge >= 0.3 is 0 Å². The molecule has 0 bridgehead atoms. The van der Waals surface area contributed by atoms with E-state index in [0.29, 0.717) is 5.92 Å². The third-order valence-corrected chi connectivity index (χ3v) is 5.10. The first-order valence-electron chi connectivity index (χ1n) is 9.08. The van der Waals surface area contributed by atoms with Gasteiger partial charge in [-0.15, -0.1) is 0 Å². The molecule has 2 aliphatic heterocycles. The van der Waals surface area contributed by atoms with Gasteiger partial charge in [0.25, 0.3) is 5.69 Å². The second kappa shape index (κ2) is 8.40. The number of nitrogens with zero attached hydrogens (tertiary/aromatic N) is 2. The van der Waals surface area contributed by atoms with E-state index < -0.39 is 0 Å². The SMILES string of the molecule is O=C(NCC1CCCN(Cc2ccc([N+](=O)[O-])cc2)C1)C1CCCN1. The summed E-state index contributed by atoms with van der Waals surface area (Å²) in [6.07, 6.45) is 4.26. The quantitative estimate of drug-likeness (QED) is 0.604. The standard InChI is InChI=1S/C18H26N4O3/c23-18(17-4-1-9-19-17)20-11-15-3-2-10-21(13-15)12-14-5-7-16(8-6-14)22(24)25/h5-8,15,17,19H,1-4,9-13H2,(H,20,23). The molecule has 0 aliphatic carbocycles. The van der Waals surface area contributed by atoms with E-state index in [0.717, 1.165) is 64.0 Å². The monoisotopic (exact) mass is 346 g/mol. The zero-order chi connectivity index (χ0) is 17.6. The summed E-state index contributed by atoms with van der Waals surface area (Å²) in [5.41, 5.74) is 1.22. The Morgan fingerprint density at radius 3 is 2.76 bits per heavy atom. The molecule has 2 fully saturated rings. The molecule has 2 heterocycles. The van der Waals surface area contributed by atoms with Crippen LogP contribution in [0, 0.1) is 16.0 Å². The first-order valence-corrected chi connectivity index (χ1v) is 9.08. The lowest BCUT2D eigenvalue weighted by atomic mass is 9.97. The second-order valence-corrected chi connectivity index (χ2v) is 7.06. The molecule has 1 aromatic rings. The summed E-state index contributed by atoms with van der Waals surface area (Å²) in [7, 11) is 0. The number of piperidine rings is 1. The zero-order valence-corrected chi connectivity index (χ0v) is 14.4. The molecular formula is C18H26N4O3. The van der Waals surface area contributed by atoms with Crippen LogP contribution in [-0.2, 0) is 11.3 Å². The van der Waals surface area contributed by atoms with Gasteiger partial charge in [-0.1, -0.05) is 12.1 Å². The van der Waals surface area contributed by atoms with Crippen molar-refractivity contribution in [3.05, 3.63) is 39.9 Å². The van der Waals surface area contributed by atoms with Gasteiger partial charge in [0.1, 0.15) is 0 Å². The number of rotatable bonds is 6. The van der Waals surface area contributed by atoms with E-state index in [1.807, 2.05) is 12.1 Å². The molecule has 0 spiro atoms. The number of hydrogen-bond donors (Lipinski definition) is 2. The van der Waals surface area contributed by atoms with Crippen LogP contribution in [0.3, 0.4) is 0 Å². The summed E-state index contributed by atoms with van der Waals surface area (Å²) in [4.78, 5) is 24.8. The number of hydrogen-bond acceptors (Lipinski definition) is 5. The van der Waals surface area contributed by atoms with Crippen LogP contribution < -0.4 is 10.6 Å². The maximum absolute atomic E-state index is 12.1. The Morgan fingerprint density at radius 1 is 1.28 bits per heavy atom. The van der Waals surface area contributed by atoms with Gasteiger partial charge < -0.3 is 10.6 Å². The largest absolute Gasteiger partial charge is 0.354 e. The van der Waals surface area contributed by atoms with Gasteiger partial charge in [0, 0.05) is 31.8 Å². The van der Waals surface area contributed by atoms with E-state index in [9.17, 15) is 14.9 Å². The topological polar surface area (TPSA) is 87.5 Å². The lowest BCUT2D eigenvalue weighted by Gasteiger charge is -2.33. The van der Waals surface area contributed by atoms with Gasteiger partial charge in [0.05, 0.1) is 11.0 Å². The van der Waals surface area contributed by atoms with Crippen molar-refractivity contribution >= 4 is 11.6 Å². The van der Waals surface area contributed by atoms with Crippen molar-refractivity contribution in [3.63, 3.8) is 0 Å². The number of amides is 1. The highest BCUT2D eigenvalue weighted by Gasteiger charge is 2.24. The fourth-order valence-electron chi connectivity index (χ4n) is 3.72. The number of nitrogens with one attached hydrogen (secondary N) is 2. The van der Waals surface area contributed by atoms with Crippen molar-refractivity contribution in [2.45, 2.75) is 38.3 Å². The molecule has 3 rings (SSSR count). The molecule has 0 radical (unpaired) electrons. The summed E-state index contributed by atoms with van der Waals surface area (Å²) in [6, 6.07) is 6.77. The van der Waals surface area contributed by atoms with Crippen LogP contribution in [0.5, 0.6) is 0 Å². The highest BCUT2D eigenvalue weighted by molar-refractivity contribution is 5.81. The van der Waals surface area contributed by atoms with Gasteiger partial charge in [-0.3, -0.25) is 19.8 Å². The number of carbonyl (C=O) groups is 1. The summed E-state index contributed by atoms with van der Waals surface area (Å²) in [5, 5.41) is 17.0. The Bertz CT molecular complexity index is 599. The number of likely N-dealkylation sites (tertiary alicyclic amines) is 1. The van der Waals surface area contributed by atoms with E-state index in [1.165, 1.54) is 0 Å². The van der Waals surface area contributed by atoms with Gasteiger partial charge in [-0.25, -0.2) is 0 Å². The minimum absolute atomic E-state index is 0.0141. The molecule has 2 aliphatic rings. The van der Waals surface area contributed by atoms with Crippen LogP contribution in [0.15, 0.2) is 24.3 Å². The maximum Gasteiger partial charge on any atom is 0.269 e. The van der Waals surface area contributed by atoms with E-state index in [2.05, 4.69) is 15.5 Å². The fraction of sp³-hybridized carbons (Fsp3) is 0.611. The van der Waals surface area contributed by atoms with Crippen molar-refractivity contribution in [3.8, 4) is 0 Å². The number of nitro groups is 1. The number of non-ortho nitro benzene ring substituents is 1. The number of benzene rings is 1. The molecule has 1 aromatic carbocycles. The Kier molecular flexibility index (Phi) is 5.99. The van der Waals surface area contributed by atoms with Gasteiger partial charge in [-0.05, 0) is 50.3 Å². The summed E-state index contributed by atoms with van der Waals surface area (Å²) >= 11 is 0. The Balaban J connectivity index is 1.45. The molecule has 2 saturated heterocycles. The first kappa shape index (κ1) is 17.8. The van der Waals surface area contributed by atoms with Crippen molar-refractivity contribution < 1.29 is 9.72 Å². The third kappa shape index (κ3) is 4.99. The minimum atomic E-state index is -0.372. The predicted octanol–water partition coefficient (Wildman–Crippen LogP) is 1.67. The van der Waals surface area contributed by atoms with Gasteiger partial charge in [0.2, 0.25) is 5.91 Å². The predicted molar refractivity (Wildman–Crippen MR) is 95.1 cm³/mol. The molecule has 1 amide bonds.